The van der Waals surface area contributed by atoms with Crippen molar-refractivity contribution < 1.29 is 28.6 Å². The van der Waals surface area contributed by atoms with Crippen LogP contribution in [0.3, 0.4) is 0 Å². The maximum Gasteiger partial charge on any atom is 0.410 e. The Hall–Kier alpha value is -1.79. The van der Waals surface area contributed by atoms with E-state index in [-0.39, 0.29) is 32.1 Å². The number of hydrogen-bond donors (Lipinski definition) is 0. The largest absolute Gasteiger partial charge is 0.469 e. The van der Waals surface area contributed by atoms with Crippen molar-refractivity contribution in [1.29, 1.82) is 0 Å². The fourth-order valence-corrected chi connectivity index (χ4v) is 1.44. The van der Waals surface area contributed by atoms with Gasteiger partial charge >= 0.3 is 18.0 Å². The minimum absolute atomic E-state index is 0.165. The highest BCUT2D eigenvalue weighted by Gasteiger charge is 2.24. The van der Waals surface area contributed by atoms with Crippen molar-refractivity contribution >= 4 is 18.0 Å². The van der Waals surface area contributed by atoms with E-state index < -0.39 is 17.7 Å². The molecule has 0 atom stereocenters. The van der Waals surface area contributed by atoms with E-state index in [1.807, 2.05) is 0 Å². The summed E-state index contributed by atoms with van der Waals surface area (Å²) in [6.07, 6.45) is -0.0651. The average Bonchev–Trinajstić information content (AvgIpc) is 2.35. The molecule has 0 aromatic rings. The molecule has 1 amide bonds. The molecule has 0 aliphatic rings. The average molecular weight is 303 g/mol. The highest BCUT2D eigenvalue weighted by atomic mass is 16.6. The number of methoxy groups -OCH3 is 1. The predicted octanol–water partition coefficient (Wildman–Crippen LogP) is 1.74. The standard InChI is InChI=1S/C14H25NO6/c1-6-20-12(17)10-15(9-7-8-11(16)19-5)13(18)21-14(2,3)4/h6-10H2,1-5H3. The second kappa shape index (κ2) is 9.20. The van der Waals surface area contributed by atoms with Gasteiger partial charge in [-0.1, -0.05) is 0 Å². The number of ether oxygens (including phenoxy) is 3. The molecule has 0 radical (unpaired) electrons. The normalized spacial score (nSPS) is 10.7. The summed E-state index contributed by atoms with van der Waals surface area (Å²) in [6.45, 7) is 7.15. The first-order valence-electron chi connectivity index (χ1n) is 6.90. The molecule has 0 spiro atoms. The summed E-state index contributed by atoms with van der Waals surface area (Å²) < 4.78 is 14.6. The third kappa shape index (κ3) is 9.70. The maximum absolute atomic E-state index is 12.0. The lowest BCUT2D eigenvalue weighted by atomic mass is 10.2. The molecule has 0 heterocycles. The van der Waals surface area contributed by atoms with Crippen LogP contribution in [0.25, 0.3) is 0 Å². The molecule has 122 valence electrons. The lowest BCUT2D eigenvalue weighted by Crippen LogP contribution is -2.41. The number of carbonyl (C=O) groups excluding carboxylic acids is 3. The van der Waals surface area contributed by atoms with Gasteiger partial charge in [0, 0.05) is 13.0 Å². The summed E-state index contributed by atoms with van der Waals surface area (Å²) in [7, 11) is 1.30. The zero-order valence-electron chi connectivity index (χ0n) is 13.4. The highest BCUT2D eigenvalue weighted by molar-refractivity contribution is 5.78. The lowest BCUT2D eigenvalue weighted by Gasteiger charge is -2.26. The van der Waals surface area contributed by atoms with Crippen LogP contribution in [0.15, 0.2) is 0 Å². The third-order valence-corrected chi connectivity index (χ3v) is 2.31. The number of esters is 2. The molecule has 0 N–H and O–H groups in total. The molecule has 0 saturated carbocycles. The first-order chi connectivity index (χ1) is 9.69. The van der Waals surface area contributed by atoms with Gasteiger partial charge in [0.1, 0.15) is 12.1 Å². The number of nitrogens with zero attached hydrogens (tertiary/aromatic N) is 1. The molecule has 0 saturated heterocycles. The van der Waals surface area contributed by atoms with Gasteiger partial charge in [0.2, 0.25) is 0 Å². The van der Waals surface area contributed by atoms with E-state index in [9.17, 15) is 14.4 Å². The van der Waals surface area contributed by atoms with Crippen LogP contribution in [0.4, 0.5) is 4.79 Å². The van der Waals surface area contributed by atoms with Gasteiger partial charge in [-0.15, -0.1) is 0 Å². The van der Waals surface area contributed by atoms with E-state index in [2.05, 4.69) is 4.74 Å². The zero-order valence-corrected chi connectivity index (χ0v) is 13.4. The molecule has 7 nitrogen and oxygen atoms in total. The topological polar surface area (TPSA) is 82.1 Å². The van der Waals surface area contributed by atoms with Gasteiger partial charge in [-0.2, -0.15) is 0 Å². The SMILES string of the molecule is CCOC(=O)CN(CCCC(=O)OC)C(=O)OC(C)(C)C. The van der Waals surface area contributed by atoms with Gasteiger partial charge in [0.05, 0.1) is 13.7 Å². The Balaban J connectivity index is 4.56. The number of rotatable bonds is 7. The molecule has 0 fully saturated rings. The summed E-state index contributed by atoms with van der Waals surface area (Å²) >= 11 is 0. The Morgan fingerprint density at radius 2 is 1.71 bits per heavy atom. The van der Waals surface area contributed by atoms with Crippen LogP contribution in [0.1, 0.15) is 40.5 Å². The molecule has 0 aliphatic carbocycles. The molecule has 0 unspecified atom stereocenters. The summed E-state index contributed by atoms with van der Waals surface area (Å²) in [6, 6.07) is 0. The van der Waals surface area contributed by atoms with Crippen LogP contribution >= 0.6 is 0 Å². The Morgan fingerprint density at radius 1 is 1.10 bits per heavy atom. The van der Waals surface area contributed by atoms with Gasteiger partial charge < -0.3 is 14.2 Å². The van der Waals surface area contributed by atoms with Crippen molar-refractivity contribution in [1.82, 2.24) is 4.90 Å². The summed E-state index contributed by atoms with van der Waals surface area (Å²) in [4.78, 5) is 35.8. The molecule has 21 heavy (non-hydrogen) atoms. The van der Waals surface area contributed by atoms with E-state index >= 15 is 0 Å². The summed E-state index contributed by atoms with van der Waals surface area (Å²) in [5.74, 6) is -0.878. The number of amides is 1. The van der Waals surface area contributed by atoms with Crippen molar-refractivity contribution in [2.24, 2.45) is 0 Å². The van der Waals surface area contributed by atoms with Gasteiger partial charge in [-0.05, 0) is 34.1 Å². The summed E-state index contributed by atoms with van der Waals surface area (Å²) in [5.41, 5.74) is -0.660. The smallest absolute Gasteiger partial charge is 0.410 e. The van der Waals surface area contributed by atoms with E-state index in [0.717, 1.165) is 0 Å². The Bertz CT molecular complexity index is 361. The van der Waals surface area contributed by atoms with Crippen LogP contribution in [-0.2, 0) is 23.8 Å². The molecular weight excluding hydrogens is 278 g/mol. The Morgan fingerprint density at radius 3 is 2.19 bits per heavy atom. The van der Waals surface area contributed by atoms with Gasteiger partial charge in [0.15, 0.2) is 0 Å². The zero-order chi connectivity index (χ0) is 16.5. The summed E-state index contributed by atoms with van der Waals surface area (Å²) in [5, 5.41) is 0. The highest BCUT2D eigenvalue weighted by Crippen LogP contribution is 2.11. The molecule has 0 rings (SSSR count). The first kappa shape index (κ1) is 19.2. The molecule has 0 aromatic carbocycles. The molecular formula is C14H25NO6. The van der Waals surface area contributed by atoms with Gasteiger partial charge in [-0.3, -0.25) is 14.5 Å². The Kier molecular flexibility index (Phi) is 8.42. The van der Waals surface area contributed by atoms with Gasteiger partial charge in [-0.25, -0.2) is 4.79 Å². The predicted molar refractivity (Wildman–Crippen MR) is 75.7 cm³/mol. The second-order valence-electron chi connectivity index (χ2n) is 5.39. The monoisotopic (exact) mass is 303 g/mol. The second-order valence-corrected chi connectivity index (χ2v) is 5.39. The van der Waals surface area contributed by atoms with Crippen molar-refractivity contribution in [3.63, 3.8) is 0 Å². The minimum Gasteiger partial charge on any atom is -0.469 e. The third-order valence-electron chi connectivity index (χ3n) is 2.31. The van der Waals surface area contributed by atoms with Crippen molar-refractivity contribution in [3.05, 3.63) is 0 Å². The van der Waals surface area contributed by atoms with E-state index in [0.29, 0.717) is 6.42 Å². The van der Waals surface area contributed by atoms with E-state index in [1.54, 1.807) is 27.7 Å². The van der Waals surface area contributed by atoms with Crippen LogP contribution in [0.2, 0.25) is 0 Å². The number of carbonyl (C=O) groups is 3. The number of hydrogen-bond acceptors (Lipinski definition) is 6. The minimum atomic E-state index is -0.660. The first-order valence-corrected chi connectivity index (χ1v) is 6.90. The van der Waals surface area contributed by atoms with Crippen molar-refractivity contribution in [3.8, 4) is 0 Å². The van der Waals surface area contributed by atoms with Gasteiger partial charge in [0.25, 0.3) is 0 Å². The fourth-order valence-electron chi connectivity index (χ4n) is 1.44. The maximum atomic E-state index is 12.0. The molecule has 0 bridgehead atoms. The molecule has 0 aliphatic heterocycles. The fraction of sp³-hybridized carbons (Fsp3) is 0.786. The molecule has 7 heteroatoms. The van der Waals surface area contributed by atoms with Crippen LogP contribution < -0.4 is 0 Å². The van der Waals surface area contributed by atoms with Crippen molar-refractivity contribution in [2.45, 2.75) is 46.1 Å². The van der Waals surface area contributed by atoms with Crippen LogP contribution in [0.5, 0.6) is 0 Å². The van der Waals surface area contributed by atoms with Crippen LogP contribution in [0, 0.1) is 0 Å². The lowest BCUT2D eigenvalue weighted by molar-refractivity contribution is -0.144. The molecule has 0 aromatic heterocycles. The Labute approximate surface area is 125 Å². The van der Waals surface area contributed by atoms with Crippen LogP contribution in [-0.4, -0.2) is 55.3 Å². The van der Waals surface area contributed by atoms with E-state index in [1.165, 1.54) is 12.0 Å². The van der Waals surface area contributed by atoms with E-state index in [4.69, 9.17) is 9.47 Å². The van der Waals surface area contributed by atoms with Crippen molar-refractivity contribution in [2.75, 3.05) is 26.8 Å². The quantitative estimate of drug-likeness (QED) is 0.526.